The Kier molecular flexibility index (Phi) is 5.11. The highest BCUT2D eigenvalue weighted by Gasteiger charge is 2.32. The van der Waals surface area contributed by atoms with Crippen LogP contribution < -0.4 is 11.1 Å². The van der Waals surface area contributed by atoms with Gasteiger partial charge >= 0.3 is 6.09 Å². The molecule has 1 saturated heterocycles. The zero-order chi connectivity index (χ0) is 17.9. The molecule has 1 fully saturated rings. The molecule has 1 aromatic rings. The Balaban J connectivity index is 1.99. The predicted molar refractivity (Wildman–Crippen MR) is 89.0 cm³/mol. The standard InChI is InChI=1S/C17H23N3O4/c1-17(2,3)24-16(23)19-13-6-4-5-11(7-13)9-20-10-12(15(18)22)8-14(20)21/h4-7,12H,8-10H2,1-3H3,(H2,18,22)(H,19,23). The number of nitrogens with two attached hydrogens (primary N) is 1. The van der Waals surface area contributed by atoms with Crippen LogP contribution in [0.25, 0.3) is 0 Å². The molecule has 1 aliphatic rings. The summed E-state index contributed by atoms with van der Waals surface area (Å²) in [6, 6.07) is 7.15. The normalized spacial score (nSPS) is 17.7. The van der Waals surface area contributed by atoms with E-state index in [2.05, 4.69) is 5.32 Å². The third-order valence-corrected chi connectivity index (χ3v) is 3.56. The van der Waals surface area contributed by atoms with Crippen LogP contribution in [0.5, 0.6) is 0 Å². The first-order valence-corrected chi connectivity index (χ1v) is 7.80. The number of amides is 3. The minimum atomic E-state index is -0.576. The zero-order valence-electron chi connectivity index (χ0n) is 14.2. The van der Waals surface area contributed by atoms with E-state index in [4.69, 9.17) is 10.5 Å². The molecule has 7 heteroatoms. The van der Waals surface area contributed by atoms with E-state index in [1.165, 1.54) is 0 Å². The van der Waals surface area contributed by atoms with Gasteiger partial charge in [-0.15, -0.1) is 0 Å². The quantitative estimate of drug-likeness (QED) is 0.878. The van der Waals surface area contributed by atoms with Crippen molar-refractivity contribution in [1.29, 1.82) is 0 Å². The van der Waals surface area contributed by atoms with Gasteiger partial charge in [0.15, 0.2) is 0 Å². The molecule has 7 nitrogen and oxygen atoms in total. The first-order chi connectivity index (χ1) is 11.1. The fourth-order valence-electron chi connectivity index (χ4n) is 2.50. The van der Waals surface area contributed by atoms with Gasteiger partial charge in [-0.3, -0.25) is 14.9 Å². The SMILES string of the molecule is CC(C)(C)OC(=O)Nc1cccc(CN2CC(C(N)=O)CC2=O)c1. The lowest BCUT2D eigenvalue weighted by Crippen LogP contribution is -2.28. The summed E-state index contributed by atoms with van der Waals surface area (Å²) in [6.07, 6.45) is -0.378. The van der Waals surface area contributed by atoms with E-state index in [-0.39, 0.29) is 12.3 Å². The monoisotopic (exact) mass is 333 g/mol. The summed E-state index contributed by atoms with van der Waals surface area (Å²) in [5.41, 5.74) is 6.12. The molecule has 2 rings (SSSR count). The number of primary amides is 1. The third-order valence-electron chi connectivity index (χ3n) is 3.56. The van der Waals surface area contributed by atoms with Crippen molar-refractivity contribution in [2.45, 2.75) is 39.3 Å². The highest BCUT2D eigenvalue weighted by molar-refractivity contribution is 5.88. The van der Waals surface area contributed by atoms with E-state index < -0.39 is 23.5 Å². The first-order valence-electron chi connectivity index (χ1n) is 7.80. The van der Waals surface area contributed by atoms with Crippen LogP contribution >= 0.6 is 0 Å². The van der Waals surface area contributed by atoms with Gasteiger partial charge in [-0.2, -0.15) is 0 Å². The molecule has 1 aromatic carbocycles. The van der Waals surface area contributed by atoms with E-state index in [1.807, 2.05) is 6.07 Å². The van der Waals surface area contributed by atoms with Crippen molar-refractivity contribution in [1.82, 2.24) is 4.90 Å². The molecule has 1 unspecified atom stereocenters. The fourth-order valence-corrected chi connectivity index (χ4v) is 2.50. The van der Waals surface area contributed by atoms with Crippen molar-refractivity contribution in [2.75, 3.05) is 11.9 Å². The molecule has 0 aromatic heterocycles. The molecule has 3 N–H and O–H groups in total. The second-order valence-electron chi connectivity index (χ2n) is 6.90. The van der Waals surface area contributed by atoms with Gasteiger partial charge in [0.25, 0.3) is 0 Å². The number of carbonyl (C=O) groups is 3. The number of anilines is 1. The highest BCUT2D eigenvalue weighted by Crippen LogP contribution is 2.21. The van der Waals surface area contributed by atoms with E-state index >= 15 is 0 Å². The Hall–Kier alpha value is -2.57. The Morgan fingerprint density at radius 1 is 1.38 bits per heavy atom. The van der Waals surface area contributed by atoms with Crippen LogP contribution in [0.1, 0.15) is 32.8 Å². The van der Waals surface area contributed by atoms with Gasteiger partial charge in [0, 0.05) is 25.2 Å². The molecule has 0 radical (unpaired) electrons. The lowest BCUT2D eigenvalue weighted by atomic mass is 10.1. The Morgan fingerprint density at radius 2 is 2.08 bits per heavy atom. The molecule has 0 saturated carbocycles. The minimum Gasteiger partial charge on any atom is -0.444 e. The summed E-state index contributed by atoms with van der Waals surface area (Å²) in [5, 5.41) is 2.66. The second kappa shape index (κ2) is 6.90. The van der Waals surface area contributed by atoms with Crippen molar-refractivity contribution in [3.8, 4) is 0 Å². The van der Waals surface area contributed by atoms with Crippen molar-refractivity contribution in [3.05, 3.63) is 29.8 Å². The summed E-state index contributed by atoms with van der Waals surface area (Å²) in [5.74, 6) is -0.976. The molecule has 1 atom stereocenters. The van der Waals surface area contributed by atoms with Crippen LogP contribution in [0.2, 0.25) is 0 Å². The van der Waals surface area contributed by atoms with Crippen molar-refractivity contribution >= 4 is 23.6 Å². The fraction of sp³-hybridized carbons (Fsp3) is 0.471. The summed E-state index contributed by atoms with van der Waals surface area (Å²) >= 11 is 0. The van der Waals surface area contributed by atoms with Crippen LogP contribution in [0.3, 0.4) is 0 Å². The zero-order valence-corrected chi connectivity index (χ0v) is 14.2. The van der Waals surface area contributed by atoms with E-state index in [0.717, 1.165) is 5.56 Å². The smallest absolute Gasteiger partial charge is 0.412 e. The van der Waals surface area contributed by atoms with Gasteiger partial charge in [-0.1, -0.05) is 12.1 Å². The second-order valence-corrected chi connectivity index (χ2v) is 6.90. The molecule has 1 aliphatic heterocycles. The van der Waals surface area contributed by atoms with Crippen molar-refractivity contribution in [3.63, 3.8) is 0 Å². The topological polar surface area (TPSA) is 102 Å². The number of hydrogen-bond donors (Lipinski definition) is 2. The molecular formula is C17H23N3O4. The van der Waals surface area contributed by atoms with Gasteiger partial charge in [0.1, 0.15) is 5.60 Å². The number of ether oxygens (including phenoxy) is 1. The number of hydrogen-bond acceptors (Lipinski definition) is 4. The number of rotatable bonds is 4. The number of benzene rings is 1. The highest BCUT2D eigenvalue weighted by atomic mass is 16.6. The van der Waals surface area contributed by atoms with Crippen molar-refractivity contribution in [2.24, 2.45) is 11.7 Å². The van der Waals surface area contributed by atoms with Gasteiger partial charge in [0.05, 0.1) is 5.92 Å². The van der Waals surface area contributed by atoms with E-state index in [9.17, 15) is 14.4 Å². The molecule has 3 amide bonds. The predicted octanol–water partition coefficient (Wildman–Crippen LogP) is 1.87. The number of nitrogens with one attached hydrogen (secondary N) is 1. The molecule has 0 bridgehead atoms. The van der Waals surface area contributed by atoms with Gasteiger partial charge in [-0.05, 0) is 38.5 Å². The summed E-state index contributed by atoms with van der Waals surface area (Å²) < 4.78 is 5.21. The van der Waals surface area contributed by atoms with Crippen LogP contribution in [-0.4, -0.2) is 35.0 Å². The van der Waals surface area contributed by atoms with E-state index in [1.54, 1.807) is 43.9 Å². The largest absolute Gasteiger partial charge is 0.444 e. The van der Waals surface area contributed by atoms with Crippen molar-refractivity contribution < 1.29 is 19.1 Å². The average Bonchev–Trinajstić information content (AvgIpc) is 2.78. The Labute approximate surface area is 141 Å². The molecular weight excluding hydrogens is 310 g/mol. The maximum absolute atomic E-state index is 11.9. The van der Waals surface area contributed by atoms with Crippen LogP contribution in [-0.2, 0) is 20.9 Å². The average molecular weight is 333 g/mol. The van der Waals surface area contributed by atoms with Gasteiger partial charge < -0.3 is 15.4 Å². The maximum Gasteiger partial charge on any atom is 0.412 e. The Morgan fingerprint density at radius 3 is 2.67 bits per heavy atom. The number of nitrogens with zero attached hydrogens (tertiary/aromatic N) is 1. The maximum atomic E-state index is 11.9. The number of carbonyl (C=O) groups excluding carboxylic acids is 3. The molecule has 0 spiro atoms. The summed E-state index contributed by atoms with van der Waals surface area (Å²) in [7, 11) is 0. The molecule has 0 aliphatic carbocycles. The lowest BCUT2D eigenvalue weighted by Gasteiger charge is -2.20. The van der Waals surface area contributed by atoms with Crippen LogP contribution in [0.4, 0.5) is 10.5 Å². The summed E-state index contributed by atoms with van der Waals surface area (Å²) in [6.45, 7) is 6.07. The molecule has 130 valence electrons. The van der Waals surface area contributed by atoms with Crippen LogP contribution in [0.15, 0.2) is 24.3 Å². The van der Waals surface area contributed by atoms with Gasteiger partial charge in [-0.25, -0.2) is 4.79 Å². The first kappa shape index (κ1) is 17.8. The summed E-state index contributed by atoms with van der Waals surface area (Å²) in [4.78, 5) is 36.6. The Bertz CT molecular complexity index is 651. The molecule has 1 heterocycles. The number of likely N-dealkylation sites (tertiary alicyclic amines) is 1. The third kappa shape index (κ3) is 4.97. The van der Waals surface area contributed by atoms with E-state index in [0.29, 0.717) is 18.8 Å². The molecule has 24 heavy (non-hydrogen) atoms. The minimum absolute atomic E-state index is 0.0932. The lowest BCUT2D eigenvalue weighted by molar-refractivity contribution is -0.128. The van der Waals surface area contributed by atoms with Gasteiger partial charge in [0.2, 0.25) is 11.8 Å². The van der Waals surface area contributed by atoms with Crippen LogP contribution in [0, 0.1) is 5.92 Å².